The predicted octanol–water partition coefficient (Wildman–Crippen LogP) is 23.0. The van der Waals surface area contributed by atoms with E-state index in [0.29, 0.717) is 29.6 Å². The Morgan fingerprint density at radius 2 is 0.687 bits per heavy atom. The minimum atomic E-state index is -0.0649. The Morgan fingerprint density at radius 1 is 0.313 bits per heavy atom. The summed E-state index contributed by atoms with van der Waals surface area (Å²) in [7, 11) is 0. The molecule has 0 heterocycles. The molecule has 0 aromatic heterocycles. The molecule has 83 heavy (non-hydrogen) atoms. The number of hydrogen-bond donors (Lipinski definition) is 0. The van der Waals surface area contributed by atoms with Gasteiger partial charge in [0.1, 0.15) is 0 Å². The molecule has 0 amide bonds. The van der Waals surface area contributed by atoms with Crippen molar-refractivity contribution in [2.24, 2.45) is 35.5 Å². The molecule has 0 fully saturated rings. The van der Waals surface area contributed by atoms with Crippen molar-refractivity contribution < 1.29 is 0 Å². The standard InChI is InChI=1S/C83H84/c1-42(2)45-19-20-55-56-21-22-57-59-25-27-62-77-63(28-26-60(76(59)77)58-23-24-61(64(55)35-45)74(56)75(57)58)79-73(50-33-53(82(13,14)15)39-54(34-50)83(16,17)18)70-41-66-65(67-36-46(43(3)4)29-48-30-47(44(5)6)37-68(66)71(48)67)40-69(70)72(78(62)79)49-31-51(80(7,8)9)38-52(32-49)81(10,11)12/h19-44,48,71,76-77H,1-18H3. The molecule has 0 nitrogen and oxygen atoms in total. The molecule has 0 saturated heterocycles. The van der Waals surface area contributed by atoms with Crippen LogP contribution < -0.4 is 0 Å². The topological polar surface area (TPSA) is 0 Å². The van der Waals surface area contributed by atoms with Crippen molar-refractivity contribution in [3.05, 3.63) is 212 Å². The lowest BCUT2D eigenvalue weighted by Crippen LogP contribution is -2.25. The van der Waals surface area contributed by atoms with Crippen molar-refractivity contribution >= 4 is 55.0 Å². The second kappa shape index (κ2) is 17.3. The molecule has 8 aliphatic carbocycles. The van der Waals surface area contributed by atoms with E-state index in [1.807, 2.05) is 0 Å². The van der Waals surface area contributed by atoms with Crippen molar-refractivity contribution in [2.45, 2.75) is 152 Å². The Hall–Kier alpha value is -7.02. The number of benzene rings is 7. The van der Waals surface area contributed by atoms with Gasteiger partial charge in [0, 0.05) is 23.7 Å². The average molecular weight is 1080 g/mol. The smallest absolute Gasteiger partial charge is 0.0212 e. The van der Waals surface area contributed by atoms with Crippen molar-refractivity contribution in [3.63, 3.8) is 0 Å². The van der Waals surface area contributed by atoms with E-state index in [-0.39, 0.29) is 33.5 Å². The van der Waals surface area contributed by atoms with Crippen LogP contribution in [0.3, 0.4) is 0 Å². The number of rotatable bonds is 5. The Kier molecular flexibility index (Phi) is 11.0. The fourth-order valence-electron chi connectivity index (χ4n) is 16.2. The van der Waals surface area contributed by atoms with Crippen LogP contribution in [-0.4, -0.2) is 0 Å². The van der Waals surface area contributed by atoms with Crippen LogP contribution in [0.2, 0.25) is 0 Å². The molecule has 8 aliphatic rings. The Bertz CT molecular complexity index is 4140. The zero-order valence-corrected chi connectivity index (χ0v) is 52.8. The number of allylic oxidation sites excluding steroid dienone is 16. The highest BCUT2D eigenvalue weighted by atomic mass is 14.5. The van der Waals surface area contributed by atoms with Crippen LogP contribution in [0.5, 0.6) is 0 Å². The normalized spacial score (nSPS) is 20.6. The summed E-state index contributed by atoms with van der Waals surface area (Å²) in [5.74, 6) is 2.30. The van der Waals surface area contributed by atoms with Crippen molar-refractivity contribution in [2.75, 3.05) is 0 Å². The maximum atomic E-state index is 2.73. The molecule has 0 spiro atoms. The highest BCUT2D eigenvalue weighted by Crippen LogP contribution is 2.68. The van der Waals surface area contributed by atoms with Gasteiger partial charge >= 0.3 is 0 Å². The van der Waals surface area contributed by atoms with E-state index >= 15 is 0 Å². The van der Waals surface area contributed by atoms with Crippen LogP contribution in [0.25, 0.3) is 99.5 Å². The average Bonchev–Trinajstić information content (AvgIpc) is 1.68. The van der Waals surface area contributed by atoms with E-state index in [0.717, 1.165) is 0 Å². The van der Waals surface area contributed by atoms with Gasteiger partial charge in [-0.2, -0.15) is 0 Å². The van der Waals surface area contributed by atoms with Crippen molar-refractivity contribution in [3.8, 4) is 44.5 Å². The van der Waals surface area contributed by atoms with Gasteiger partial charge in [-0.15, -0.1) is 0 Å². The molecule has 0 heteroatoms. The third kappa shape index (κ3) is 7.55. The molecule has 416 valence electrons. The molecule has 0 aliphatic heterocycles. The monoisotopic (exact) mass is 1080 g/mol. The second-order valence-electron chi connectivity index (χ2n) is 31.4. The quantitative estimate of drug-likeness (QED) is 0.161. The lowest BCUT2D eigenvalue weighted by molar-refractivity contribution is 0.568. The van der Waals surface area contributed by atoms with Crippen LogP contribution in [0.1, 0.15) is 192 Å². The van der Waals surface area contributed by atoms with E-state index in [2.05, 4.69) is 264 Å². The van der Waals surface area contributed by atoms with Gasteiger partial charge in [0.05, 0.1) is 0 Å². The van der Waals surface area contributed by atoms with Crippen LogP contribution in [-0.2, 0) is 21.7 Å². The molecule has 0 saturated carbocycles. The summed E-state index contributed by atoms with van der Waals surface area (Å²) >= 11 is 0. The zero-order valence-electron chi connectivity index (χ0n) is 52.8. The molecular formula is C83H84. The van der Waals surface area contributed by atoms with E-state index in [9.17, 15) is 0 Å². The maximum Gasteiger partial charge on any atom is 0.0212 e. The van der Waals surface area contributed by atoms with Gasteiger partial charge in [0.25, 0.3) is 0 Å². The Morgan fingerprint density at radius 3 is 1.10 bits per heavy atom. The minimum absolute atomic E-state index is 0.0649. The van der Waals surface area contributed by atoms with Crippen LogP contribution >= 0.6 is 0 Å². The van der Waals surface area contributed by atoms with Gasteiger partial charge in [-0.3, -0.25) is 0 Å². The second-order valence-corrected chi connectivity index (χ2v) is 31.4. The van der Waals surface area contributed by atoms with E-state index in [1.165, 1.54) is 172 Å². The fraction of sp³-hybridized carbons (Fsp3) is 0.349. The van der Waals surface area contributed by atoms with Crippen molar-refractivity contribution in [1.29, 1.82) is 0 Å². The molecule has 7 aromatic carbocycles. The summed E-state index contributed by atoms with van der Waals surface area (Å²) in [4.78, 5) is 0. The summed E-state index contributed by atoms with van der Waals surface area (Å²) in [6.45, 7) is 43.1. The fourth-order valence-corrected chi connectivity index (χ4v) is 16.2. The summed E-state index contributed by atoms with van der Waals surface area (Å²) in [5.41, 5.74) is 38.1. The molecule has 0 bridgehead atoms. The van der Waals surface area contributed by atoms with E-state index in [4.69, 9.17) is 0 Å². The number of hydrogen-bond acceptors (Lipinski definition) is 0. The third-order valence-electron chi connectivity index (χ3n) is 21.0. The van der Waals surface area contributed by atoms with Gasteiger partial charge in [0.2, 0.25) is 0 Å². The van der Waals surface area contributed by atoms with Gasteiger partial charge < -0.3 is 0 Å². The van der Waals surface area contributed by atoms with Crippen LogP contribution in [0.4, 0.5) is 0 Å². The first-order valence-corrected chi connectivity index (χ1v) is 31.6. The SMILES string of the molecule is CC(C)C1=CC2C=C(C(C)C)C=C3c4cc5c(-c6cc(C(C)(C)C)cc(C(C)(C)C)c6)c6c(c(-c7cc(C(C)(C)C)cc(C(C)(C)C)c7)c5cc4C(=C1)C32)C1=CC=C2c3ccc4c5c(ccc(c35)C3=CC=C6C1C23)-c1cc(C(C)C)ccc1-4. The van der Waals surface area contributed by atoms with Gasteiger partial charge in [0.15, 0.2) is 0 Å². The summed E-state index contributed by atoms with van der Waals surface area (Å²) in [6, 6.07) is 38.1. The summed E-state index contributed by atoms with van der Waals surface area (Å²) in [6.07, 6.45) is 20.8. The lowest BCUT2D eigenvalue weighted by Gasteiger charge is -2.40. The molecule has 4 unspecified atom stereocenters. The molecule has 4 atom stereocenters. The van der Waals surface area contributed by atoms with Gasteiger partial charge in [-0.1, -0.05) is 252 Å². The Balaban J connectivity index is 1.10. The van der Waals surface area contributed by atoms with Gasteiger partial charge in [-0.05, 0) is 223 Å². The van der Waals surface area contributed by atoms with Gasteiger partial charge in [-0.25, -0.2) is 0 Å². The first kappa shape index (κ1) is 52.8. The molecular weight excluding hydrogens is 997 g/mol. The van der Waals surface area contributed by atoms with Crippen LogP contribution in [0.15, 0.2) is 151 Å². The van der Waals surface area contributed by atoms with E-state index < -0.39 is 0 Å². The van der Waals surface area contributed by atoms with Crippen molar-refractivity contribution in [1.82, 2.24) is 0 Å². The number of fused-ring (bicyclic) bond motifs is 12. The summed E-state index contributed by atoms with van der Waals surface area (Å²) in [5, 5.41) is 5.61. The molecule has 0 radical (unpaired) electrons. The predicted molar refractivity (Wildman–Crippen MR) is 360 cm³/mol. The highest BCUT2D eigenvalue weighted by Gasteiger charge is 2.50. The lowest BCUT2D eigenvalue weighted by atomic mass is 9.62. The largest absolute Gasteiger partial charge is 0.0732 e. The zero-order chi connectivity index (χ0) is 58.2. The maximum absolute atomic E-state index is 2.73. The third-order valence-corrected chi connectivity index (χ3v) is 21.0. The van der Waals surface area contributed by atoms with Crippen LogP contribution in [0, 0.1) is 35.5 Å². The highest BCUT2D eigenvalue weighted by molar-refractivity contribution is 6.26. The minimum Gasteiger partial charge on any atom is -0.0732 e. The molecule has 7 aromatic rings. The summed E-state index contributed by atoms with van der Waals surface area (Å²) < 4.78 is 0. The van der Waals surface area contributed by atoms with E-state index in [1.54, 1.807) is 0 Å². The molecule has 15 rings (SSSR count). The first-order chi connectivity index (χ1) is 39.1. The molecule has 0 N–H and O–H groups in total. The Labute approximate surface area is 496 Å². The first-order valence-electron chi connectivity index (χ1n) is 31.6.